The van der Waals surface area contributed by atoms with Crippen molar-refractivity contribution >= 4 is 29.1 Å². The molecule has 1 aromatic carbocycles. The number of Topliss-reactive ketones (excluding diaryl/α,β-unsaturated/α-hetero) is 1. The fourth-order valence-electron chi connectivity index (χ4n) is 2.36. The van der Waals surface area contributed by atoms with Gasteiger partial charge in [0.1, 0.15) is 5.82 Å². The number of anilines is 2. The number of benzene rings is 1. The molecular weight excluding hydrogens is 332 g/mol. The highest BCUT2D eigenvalue weighted by atomic mass is 16.2. The highest BCUT2D eigenvalue weighted by Crippen LogP contribution is 2.15. The quantitative estimate of drug-likeness (QED) is 0.743. The van der Waals surface area contributed by atoms with Crippen molar-refractivity contribution in [1.82, 2.24) is 9.88 Å². The van der Waals surface area contributed by atoms with Gasteiger partial charge in [0.15, 0.2) is 5.78 Å². The summed E-state index contributed by atoms with van der Waals surface area (Å²) in [5.74, 6) is -0.226. The Morgan fingerprint density at radius 3 is 2.27 bits per heavy atom. The van der Waals surface area contributed by atoms with Crippen molar-refractivity contribution in [2.45, 2.75) is 13.8 Å². The van der Waals surface area contributed by atoms with E-state index in [1.165, 1.54) is 6.92 Å². The third kappa shape index (κ3) is 5.78. The Morgan fingerprint density at radius 2 is 1.65 bits per heavy atom. The smallest absolute Gasteiger partial charge is 0.239 e. The summed E-state index contributed by atoms with van der Waals surface area (Å²) in [5, 5.41) is 5.39. The van der Waals surface area contributed by atoms with E-state index in [0.29, 0.717) is 17.1 Å². The van der Waals surface area contributed by atoms with Crippen molar-refractivity contribution in [1.29, 1.82) is 0 Å². The Morgan fingerprint density at radius 1 is 1.00 bits per heavy atom. The number of likely N-dealkylation sites (N-methyl/N-ethyl adjacent to an activating group) is 1. The molecule has 0 bridgehead atoms. The van der Waals surface area contributed by atoms with Crippen LogP contribution in [0.15, 0.2) is 42.6 Å². The molecule has 0 fully saturated rings. The van der Waals surface area contributed by atoms with Crippen molar-refractivity contribution in [3.63, 3.8) is 0 Å². The van der Waals surface area contributed by atoms with Crippen LogP contribution < -0.4 is 10.6 Å². The van der Waals surface area contributed by atoms with Gasteiger partial charge >= 0.3 is 0 Å². The second-order valence-corrected chi connectivity index (χ2v) is 6.09. The van der Waals surface area contributed by atoms with E-state index >= 15 is 0 Å². The summed E-state index contributed by atoms with van der Waals surface area (Å²) in [6.45, 7) is 3.41. The fraction of sp³-hybridized carbons (Fsp3) is 0.263. The number of aromatic nitrogens is 1. The topological polar surface area (TPSA) is 91.4 Å². The Hall–Kier alpha value is -3.06. The van der Waals surface area contributed by atoms with Gasteiger partial charge < -0.3 is 10.6 Å². The first-order valence-corrected chi connectivity index (χ1v) is 8.16. The number of amides is 2. The molecule has 2 rings (SSSR count). The number of carbonyl (C=O) groups is 3. The minimum absolute atomic E-state index is 0.0149. The summed E-state index contributed by atoms with van der Waals surface area (Å²) < 4.78 is 0. The first kappa shape index (κ1) is 19.3. The van der Waals surface area contributed by atoms with Crippen LogP contribution >= 0.6 is 0 Å². The summed E-state index contributed by atoms with van der Waals surface area (Å²) in [6.07, 6.45) is 1.67. The van der Waals surface area contributed by atoms with Gasteiger partial charge in [0.25, 0.3) is 0 Å². The van der Waals surface area contributed by atoms with E-state index in [1.807, 2.05) is 13.0 Å². The maximum atomic E-state index is 12.2. The molecule has 1 heterocycles. The number of rotatable bonds is 7. The Labute approximate surface area is 152 Å². The molecule has 136 valence electrons. The standard InChI is InChI=1S/C19H22N4O3/c1-13-8-9-17(20-10-13)22-19(26)12-23(3)11-18(25)21-16-7-5-4-6-15(16)14(2)24/h4-10H,11-12H2,1-3H3,(H,21,25)(H,20,22,26). The SMILES string of the molecule is CC(=O)c1ccccc1NC(=O)CN(C)CC(=O)Nc1ccc(C)cn1. The molecule has 0 saturated heterocycles. The summed E-state index contributed by atoms with van der Waals surface area (Å²) in [6, 6.07) is 10.4. The lowest BCUT2D eigenvalue weighted by atomic mass is 10.1. The third-order valence-corrected chi connectivity index (χ3v) is 3.59. The molecule has 2 aromatic rings. The van der Waals surface area contributed by atoms with Crippen LogP contribution in [-0.2, 0) is 9.59 Å². The zero-order chi connectivity index (χ0) is 19.1. The van der Waals surface area contributed by atoms with E-state index < -0.39 is 0 Å². The van der Waals surface area contributed by atoms with E-state index in [4.69, 9.17) is 0 Å². The number of aryl methyl sites for hydroxylation is 1. The fourth-order valence-corrected chi connectivity index (χ4v) is 2.36. The Balaban J connectivity index is 1.86. The summed E-state index contributed by atoms with van der Waals surface area (Å²) in [7, 11) is 1.67. The van der Waals surface area contributed by atoms with Crippen LogP contribution in [-0.4, -0.2) is 47.6 Å². The van der Waals surface area contributed by atoms with Crippen molar-refractivity contribution in [3.05, 3.63) is 53.7 Å². The maximum Gasteiger partial charge on any atom is 0.239 e. The van der Waals surface area contributed by atoms with Crippen molar-refractivity contribution in [3.8, 4) is 0 Å². The molecular formula is C19H22N4O3. The second kappa shape index (κ2) is 8.87. The Kier molecular flexibility index (Phi) is 6.57. The number of nitrogens with one attached hydrogen (secondary N) is 2. The lowest BCUT2D eigenvalue weighted by Gasteiger charge is -2.16. The van der Waals surface area contributed by atoms with Gasteiger partial charge in [0, 0.05) is 11.8 Å². The zero-order valence-corrected chi connectivity index (χ0v) is 15.1. The van der Waals surface area contributed by atoms with Gasteiger partial charge in [0.05, 0.1) is 18.8 Å². The minimum Gasteiger partial charge on any atom is -0.324 e. The van der Waals surface area contributed by atoms with Crippen LogP contribution in [0.1, 0.15) is 22.8 Å². The third-order valence-electron chi connectivity index (χ3n) is 3.59. The monoisotopic (exact) mass is 354 g/mol. The Bertz CT molecular complexity index is 803. The number of ketones is 1. The summed E-state index contributed by atoms with van der Waals surface area (Å²) in [4.78, 5) is 41.5. The second-order valence-electron chi connectivity index (χ2n) is 6.09. The number of carbonyl (C=O) groups excluding carboxylic acids is 3. The first-order valence-electron chi connectivity index (χ1n) is 8.16. The molecule has 7 nitrogen and oxygen atoms in total. The van der Waals surface area contributed by atoms with Gasteiger partial charge in [-0.15, -0.1) is 0 Å². The van der Waals surface area contributed by atoms with E-state index in [1.54, 1.807) is 48.5 Å². The number of hydrogen-bond acceptors (Lipinski definition) is 5. The van der Waals surface area contributed by atoms with E-state index in [9.17, 15) is 14.4 Å². The lowest BCUT2D eigenvalue weighted by molar-refractivity contribution is -0.119. The average Bonchev–Trinajstić information content (AvgIpc) is 2.56. The molecule has 0 aliphatic heterocycles. The van der Waals surface area contributed by atoms with Crippen LogP contribution in [0.5, 0.6) is 0 Å². The number of hydrogen-bond donors (Lipinski definition) is 2. The van der Waals surface area contributed by atoms with Gasteiger partial charge in [0.2, 0.25) is 11.8 Å². The van der Waals surface area contributed by atoms with E-state index in [2.05, 4.69) is 15.6 Å². The normalized spacial score (nSPS) is 10.5. The number of nitrogens with zero attached hydrogens (tertiary/aromatic N) is 2. The molecule has 0 unspecified atom stereocenters. The number of para-hydroxylation sites is 1. The molecule has 0 aliphatic rings. The molecule has 1 aromatic heterocycles. The molecule has 2 amide bonds. The lowest BCUT2D eigenvalue weighted by Crippen LogP contribution is -2.36. The summed E-state index contributed by atoms with van der Waals surface area (Å²) in [5.41, 5.74) is 1.92. The van der Waals surface area contributed by atoms with Crippen molar-refractivity contribution in [2.24, 2.45) is 0 Å². The highest BCUT2D eigenvalue weighted by Gasteiger charge is 2.13. The molecule has 0 spiro atoms. The van der Waals surface area contributed by atoms with E-state index in [0.717, 1.165) is 5.56 Å². The predicted molar refractivity (Wildman–Crippen MR) is 100 cm³/mol. The zero-order valence-electron chi connectivity index (χ0n) is 15.1. The van der Waals surface area contributed by atoms with Crippen LogP contribution in [0.3, 0.4) is 0 Å². The minimum atomic E-state index is -0.303. The van der Waals surface area contributed by atoms with Crippen molar-refractivity contribution in [2.75, 3.05) is 30.8 Å². The predicted octanol–water partition coefficient (Wildman–Crippen LogP) is 2.10. The van der Waals surface area contributed by atoms with Crippen LogP contribution in [0.4, 0.5) is 11.5 Å². The van der Waals surface area contributed by atoms with Crippen molar-refractivity contribution < 1.29 is 14.4 Å². The van der Waals surface area contributed by atoms with Gasteiger partial charge in [-0.2, -0.15) is 0 Å². The number of pyridine rings is 1. The van der Waals surface area contributed by atoms with Crippen LogP contribution in [0.2, 0.25) is 0 Å². The van der Waals surface area contributed by atoms with Gasteiger partial charge in [-0.3, -0.25) is 19.3 Å². The molecule has 7 heteroatoms. The van der Waals surface area contributed by atoms with Crippen LogP contribution in [0.25, 0.3) is 0 Å². The van der Waals surface area contributed by atoms with Gasteiger partial charge in [-0.25, -0.2) is 4.98 Å². The van der Waals surface area contributed by atoms with Gasteiger partial charge in [-0.05, 0) is 44.7 Å². The average molecular weight is 354 g/mol. The van der Waals surface area contributed by atoms with Gasteiger partial charge in [-0.1, -0.05) is 18.2 Å². The largest absolute Gasteiger partial charge is 0.324 e. The first-order chi connectivity index (χ1) is 12.3. The highest BCUT2D eigenvalue weighted by molar-refractivity contribution is 6.04. The molecule has 2 N–H and O–H groups in total. The molecule has 26 heavy (non-hydrogen) atoms. The molecule has 0 radical (unpaired) electrons. The molecule has 0 atom stereocenters. The summed E-state index contributed by atoms with van der Waals surface area (Å²) >= 11 is 0. The molecule has 0 aliphatic carbocycles. The van der Waals surface area contributed by atoms with E-state index in [-0.39, 0.29) is 30.7 Å². The maximum absolute atomic E-state index is 12.2. The van der Waals surface area contributed by atoms with Crippen LogP contribution in [0, 0.1) is 6.92 Å². The molecule has 0 saturated carbocycles.